The highest BCUT2D eigenvalue weighted by Gasteiger charge is 2.72. The lowest BCUT2D eigenvalue weighted by atomic mass is 9.50. The van der Waals surface area contributed by atoms with Crippen LogP contribution in [0.15, 0.2) is 84.6 Å². The maximum atomic E-state index is 13.3. The molecule has 1 spiro atoms. The van der Waals surface area contributed by atoms with E-state index < -0.39 is 66.1 Å². The van der Waals surface area contributed by atoms with Crippen LogP contribution in [0, 0.1) is 0 Å². The number of nitrogens with zero attached hydrogens (tertiary/aromatic N) is 1. The van der Waals surface area contributed by atoms with E-state index in [9.17, 15) is 39.9 Å². The number of piperidine rings is 1. The smallest absolute Gasteiger partial charge is 0.349 e. The molecule has 5 N–H and O–H groups in total. The van der Waals surface area contributed by atoms with Gasteiger partial charge in [-0.3, -0.25) is 4.79 Å². The minimum Gasteiger partial charge on any atom is -0.504 e. The van der Waals surface area contributed by atoms with Crippen molar-refractivity contribution in [3.63, 3.8) is 0 Å². The number of carbonyl (C=O) groups excluding carboxylic acids is 2. The van der Waals surface area contributed by atoms with Crippen molar-refractivity contribution >= 4 is 17.9 Å². The molecule has 3 aromatic rings. The second-order valence-corrected chi connectivity index (χ2v) is 13.2. The fraction of sp³-hybridized carbons (Fsp3) is 0.378. The number of benzene rings is 3. The number of aliphatic hydroxyl groups is 3. The summed E-state index contributed by atoms with van der Waals surface area (Å²) in [4.78, 5) is 40.7. The summed E-state index contributed by atoms with van der Waals surface area (Å²) in [5, 5.41) is 54.5. The summed E-state index contributed by atoms with van der Waals surface area (Å²) < 4.78 is 22.9. The predicted octanol–water partition coefficient (Wildman–Crippen LogP) is 2.41. The van der Waals surface area contributed by atoms with Crippen molar-refractivity contribution in [3.8, 4) is 11.5 Å². The number of rotatable bonds is 11. The third-order valence-corrected chi connectivity index (χ3v) is 10.4. The van der Waals surface area contributed by atoms with Crippen molar-refractivity contribution in [1.29, 1.82) is 0 Å². The highest BCUT2D eigenvalue weighted by atomic mass is 16.6. The highest BCUT2D eigenvalue weighted by molar-refractivity contribution is 5.82. The van der Waals surface area contributed by atoms with Crippen LogP contribution in [0.4, 0.5) is 0 Å². The SMILES string of the molecule is CN1CCC23c4c5ccc(O)c4O[C@H]2C(OC(=O)C[C@H](O)C(O)O[C@H](C(=O)O[C@H](C(=O)O)c2ccccc2)c2ccccc2)=CC[C@@]3(O)[C@H]1C5. The minimum absolute atomic E-state index is 0.0847. The number of aromatic hydroxyl groups is 1. The number of aliphatic hydroxyl groups excluding tert-OH is 2. The van der Waals surface area contributed by atoms with Crippen LogP contribution in [0.3, 0.4) is 0 Å². The lowest BCUT2D eigenvalue weighted by Gasteiger charge is -2.61. The zero-order chi connectivity index (χ0) is 35.4. The molecule has 50 heavy (non-hydrogen) atoms. The van der Waals surface area contributed by atoms with Crippen LogP contribution in [0.1, 0.15) is 53.7 Å². The van der Waals surface area contributed by atoms with E-state index >= 15 is 0 Å². The number of hydrogen-bond donors (Lipinski definition) is 5. The van der Waals surface area contributed by atoms with Gasteiger partial charge in [0.2, 0.25) is 6.10 Å². The fourth-order valence-corrected chi connectivity index (χ4v) is 8.08. The average Bonchev–Trinajstić information content (AvgIpc) is 3.47. The Hall–Kier alpha value is -4.79. The van der Waals surface area contributed by atoms with Crippen molar-refractivity contribution in [3.05, 3.63) is 107 Å². The summed E-state index contributed by atoms with van der Waals surface area (Å²) in [5.74, 6) is -3.26. The Morgan fingerprint density at radius 1 is 0.980 bits per heavy atom. The van der Waals surface area contributed by atoms with Gasteiger partial charge in [-0.25, -0.2) is 9.59 Å². The molecule has 1 fully saturated rings. The molecular formula is C37H37NO12. The third kappa shape index (κ3) is 5.42. The number of ether oxygens (including phenoxy) is 4. The van der Waals surface area contributed by atoms with Crippen molar-refractivity contribution in [2.75, 3.05) is 13.6 Å². The Labute approximate surface area is 286 Å². The molecule has 0 aromatic heterocycles. The molecule has 2 unspecified atom stereocenters. The van der Waals surface area contributed by atoms with E-state index in [-0.39, 0.29) is 40.8 Å². The molecule has 0 saturated carbocycles. The van der Waals surface area contributed by atoms with Crippen molar-refractivity contribution < 1.29 is 58.9 Å². The van der Waals surface area contributed by atoms with Gasteiger partial charge in [0.05, 0.1) is 17.4 Å². The summed E-state index contributed by atoms with van der Waals surface area (Å²) >= 11 is 0. The van der Waals surface area contributed by atoms with E-state index in [2.05, 4.69) is 4.90 Å². The quantitative estimate of drug-likeness (QED) is 0.146. The van der Waals surface area contributed by atoms with Crippen LogP contribution in [0.5, 0.6) is 11.5 Å². The van der Waals surface area contributed by atoms with Crippen molar-refractivity contribution in [2.24, 2.45) is 0 Å². The van der Waals surface area contributed by atoms with Crippen LogP contribution in [0.2, 0.25) is 0 Å². The normalized spacial score (nSPS) is 27.1. The number of carbonyl (C=O) groups is 3. The maximum Gasteiger partial charge on any atom is 0.349 e. The fourth-order valence-electron chi connectivity index (χ4n) is 8.08. The Bertz CT molecular complexity index is 1830. The molecule has 8 atom stereocenters. The van der Waals surface area contributed by atoms with E-state index in [0.717, 1.165) is 11.1 Å². The van der Waals surface area contributed by atoms with Gasteiger partial charge in [0, 0.05) is 23.6 Å². The van der Waals surface area contributed by atoms with Crippen LogP contribution in [-0.4, -0.2) is 92.1 Å². The number of hydrogen-bond acceptors (Lipinski definition) is 12. The predicted molar refractivity (Wildman–Crippen MR) is 172 cm³/mol. The third-order valence-electron chi connectivity index (χ3n) is 10.4. The topological polar surface area (TPSA) is 193 Å². The Kier molecular flexibility index (Phi) is 8.65. The van der Waals surface area contributed by atoms with Crippen LogP contribution in [-0.2, 0) is 40.4 Å². The molecule has 262 valence electrons. The average molecular weight is 688 g/mol. The Balaban J connectivity index is 1.07. The van der Waals surface area contributed by atoms with Crippen molar-refractivity contribution in [1.82, 2.24) is 4.90 Å². The van der Waals surface area contributed by atoms with Gasteiger partial charge in [0.15, 0.2) is 30.0 Å². The molecule has 0 radical (unpaired) electrons. The van der Waals surface area contributed by atoms with Crippen molar-refractivity contribution in [2.45, 2.75) is 73.4 Å². The second-order valence-electron chi connectivity index (χ2n) is 13.2. The highest BCUT2D eigenvalue weighted by Crippen LogP contribution is 2.65. The number of likely N-dealkylation sites (tertiary alicyclic amines) is 1. The first-order chi connectivity index (χ1) is 23.9. The molecule has 1 saturated heterocycles. The summed E-state index contributed by atoms with van der Waals surface area (Å²) in [6.07, 6.45) is -6.28. The number of likely N-dealkylation sites (N-methyl/N-ethyl adjacent to an activating group) is 1. The van der Waals surface area contributed by atoms with E-state index in [1.165, 1.54) is 24.3 Å². The number of esters is 2. The molecule has 3 aromatic carbocycles. The van der Waals surface area contributed by atoms with Gasteiger partial charge < -0.3 is 49.4 Å². The number of aliphatic carboxylic acids is 1. The number of carboxylic acids is 1. The lowest BCUT2D eigenvalue weighted by molar-refractivity contribution is -0.211. The summed E-state index contributed by atoms with van der Waals surface area (Å²) in [6, 6.07) is 18.8. The molecule has 4 aliphatic rings. The van der Waals surface area contributed by atoms with Gasteiger partial charge >= 0.3 is 17.9 Å². The minimum atomic E-state index is -2.11. The largest absolute Gasteiger partial charge is 0.504 e. The van der Waals surface area contributed by atoms with Gasteiger partial charge in [-0.2, -0.15) is 0 Å². The van der Waals surface area contributed by atoms with E-state index in [4.69, 9.17) is 18.9 Å². The molecule has 2 bridgehead atoms. The van der Waals surface area contributed by atoms with Crippen LogP contribution in [0.25, 0.3) is 0 Å². The number of carboxylic acid groups (broad SMARTS) is 1. The van der Waals surface area contributed by atoms with Gasteiger partial charge in [-0.05, 0) is 49.7 Å². The number of phenols is 1. The van der Waals surface area contributed by atoms with Gasteiger partial charge in [0.25, 0.3) is 0 Å². The van der Waals surface area contributed by atoms with Gasteiger partial charge in [0.1, 0.15) is 11.9 Å². The molecule has 2 aliphatic heterocycles. The second kappa shape index (κ2) is 12.8. The molecule has 7 rings (SSSR count). The van der Waals surface area contributed by atoms with E-state index in [1.807, 2.05) is 13.1 Å². The van der Waals surface area contributed by atoms with E-state index in [1.54, 1.807) is 48.5 Å². The lowest BCUT2D eigenvalue weighted by Crippen LogP contribution is -2.74. The first kappa shape index (κ1) is 33.7. The Morgan fingerprint density at radius 2 is 1.64 bits per heavy atom. The van der Waals surface area contributed by atoms with Crippen LogP contribution < -0.4 is 4.74 Å². The molecule has 2 heterocycles. The molecule has 2 aliphatic carbocycles. The molecule has 13 nitrogen and oxygen atoms in total. The summed E-state index contributed by atoms with van der Waals surface area (Å²) in [7, 11) is 1.95. The molecular weight excluding hydrogens is 650 g/mol. The van der Waals surface area contributed by atoms with Crippen LogP contribution >= 0.6 is 0 Å². The van der Waals surface area contributed by atoms with Gasteiger partial charge in [-0.1, -0.05) is 66.7 Å². The zero-order valence-electron chi connectivity index (χ0n) is 27.0. The first-order valence-electron chi connectivity index (χ1n) is 16.3. The molecule has 13 heteroatoms. The van der Waals surface area contributed by atoms with Gasteiger partial charge in [-0.15, -0.1) is 0 Å². The maximum absolute atomic E-state index is 13.3. The monoisotopic (exact) mass is 687 g/mol. The van der Waals surface area contributed by atoms with E-state index in [0.29, 0.717) is 19.4 Å². The zero-order valence-corrected chi connectivity index (χ0v) is 27.0. The Morgan fingerprint density at radius 3 is 2.30 bits per heavy atom. The first-order valence-corrected chi connectivity index (χ1v) is 16.3. The standard InChI is InChI=1S/C37H37NO12/c1-38-17-16-36-28-22-12-13-23(39)31(28)48-32(36)25(14-15-37(36,46)26(38)18-22)47-27(41)19-24(40)34(44)50-30(21-10-6-3-7-11-21)35(45)49-29(33(42)43)20-8-4-2-5-9-20/h2-14,24,26,29-30,32,34,39-40,44,46H,15-19H2,1H3,(H,42,43)/t24-,26+,29-,30-,32-,34?,36?,37+/m0/s1. The number of phenolic OH excluding ortho intramolecular Hbond substituents is 1. The summed E-state index contributed by atoms with van der Waals surface area (Å²) in [5.41, 5.74) is -0.202. The molecule has 0 amide bonds. The summed E-state index contributed by atoms with van der Waals surface area (Å²) in [6.45, 7) is 0.633.